The minimum absolute atomic E-state index is 0.275. The second-order valence-electron chi connectivity index (χ2n) is 10.6. The Hall–Kier alpha value is -4.36. The minimum atomic E-state index is -0.275. The van der Waals surface area contributed by atoms with Gasteiger partial charge in [-0.1, -0.05) is 43.3 Å². The number of benzene rings is 2. The molecule has 7 heteroatoms. The first-order valence-electron chi connectivity index (χ1n) is 13.5. The maximum absolute atomic E-state index is 13.3. The van der Waals surface area contributed by atoms with Gasteiger partial charge in [0.2, 0.25) is 0 Å². The molecule has 1 aliphatic heterocycles. The smallest absolute Gasteiger partial charge is 0.276 e. The number of nitrogens with zero attached hydrogens (tertiary/aromatic N) is 4. The predicted octanol–water partition coefficient (Wildman–Crippen LogP) is 6.09. The fourth-order valence-corrected chi connectivity index (χ4v) is 5.25. The molecule has 7 nitrogen and oxygen atoms in total. The molecule has 5 aromatic rings. The number of likely N-dealkylation sites (tertiary alicyclic amines) is 1. The number of H-pyrrole nitrogens is 1. The summed E-state index contributed by atoms with van der Waals surface area (Å²) in [6.45, 7) is 5.51. The molecule has 1 saturated heterocycles. The summed E-state index contributed by atoms with van der Waals surface area (Å²) in [7, 11) is 0. The van der Waals surface area contributed by atoms with Gasteiger partial charge in [0.1, 0.15) is 0 Å². The van der Waals surface area contributed by atoms with Gasteiger partial charge in [-0.05, 0) is 84.8 Å². The Balaban J connectivity index is 1.20. The van der Waals surface area contributed by atoms with E-state index in [1.165, 1.54) is 24.0 Å². The number of piperidine rings is 1. The fourth-order valence-electron chi connectivity index (χ4n) is 5.25. The lowest BCUT2D eigenvalue weighted by atomic mass is 9.98. The highest BCUT2D eigenvalue weighted by atomic mass is 16.1. The lowest BCUT2D eigenvalue weighted by Gasteiger charge is -2.30. The lowest BCUT2D eigenvalue weighted by molar-refractivity contribution is 0.102. The van der Waals surface area contributed by atoms with Crippen molar-refractivity contribution in [1.29, 1.82) is 0 Å². The van der Waals surface area contributed by atoms with Crippen molar-refractivity contribution in [2.75, 3.05) is 18.4 Å². The van der Waals surface area contributed by atoms with Gasteiger partial charge < -0.3 is 5.32 Å². The van der Waals surface area contributed by atoms with Crippen LogP contribution in [0.5, 0.6) is 0 Å². The van der Waals surface area contributed by atoms with E-state index in [9.17, 15) is 4.79 Å². The maximum atomic E-state index is 13.3. The number of rotatable bonds is 7. The molecule has 0 spiro atoms. The molecule has 0 bridgehead atoms. The number of aromatic amines is 1. The first kappa shape index (κ1) is 24.9. The van der Waals surface area contributed by atoms with Crippen LogP contribution >= 0.6 is 0 Å². The van der Waals surface area contributed by atoms with E-state index in [2.05, 4.69) is 55.5 Å². The first-order chi connectivity index (χ1) is 19.1. The average molecular weight is 517 g/mol. The van der Waals surface area contributed by atoms with Crippen molar-refractivity contribution >= 4 is 22.5 Å². The zero-order chi connectivity index (χ0) is 26.6. The summed E-state index contributed by atoms with van der Waals surface area (Å²) in [5.41, 5.74) is 7.27. The first-order valence-corrected chi connectivity index (χ1v) is 13.5. The highest BCUT2D eigenvalue weighted by Crippen LogP contribution is 2.27. The van der Waals surface area contributed by atoms with E-state index >= 15 is 0 Å². The van der Waals surface area contributed by atoms with Gasteiger partial charge in [-0.3, -0.25) is 24.8 Å². The monoisotopic (exact) mass is 516 g/mol. The standard InChI is InChI=1S/C32H32N6O/c1-22-9-11-38(12-10-22)21-25-14-27(19-33-18-25)26-7-8-30-29(16-26)31(37-36-30)32(39)35-28-15-24(17-34-20-28)13-23-5-3-2-4-6-23/h2-8,14-20,22H,9-13,21H2,1H3,(H,35,39)(H,36,37). The van der Waals surface area contributed by atoms with Gasteiger partial charge in [0.05, 0.1) is 17.4 Å². The van der Waals surface area contributed by atoms with Crippen molar-refractivity contribution in [3.8, 4) is 11.1 Å². The molecule has 4 heterocycles. The van der Waals surface area contributed by atoms with Crippen molar-refractivity contribution < 1.29 is 4.79 Å². The topological polar surface area (TPSA) is 86.8 Å². The molecule has 1 fully saturated rings. The summed E-state index contributed by atoms with van der Waals surface area (Å²) in [6.07, 6.45) is 10.6. The van der Waals surface area contributed by atoms with Gasteiger partial charge in [0.25, 0.3) is 5.91 Å². The third-order valence-corrected chi connectivity index (χ3v) is 7.49. The Morgan fingerprint density at radius 2 is 1.69 bits per heavy atom. The molecule has 2 aromatic carbocycles. The lowest BCUT2D eigenvalue weighted by Crippen LogP contribution is -2.32. The molecule has 0 atom stereocenters. The number of carbonyl (C=O) groups is 1. The molecule has 0 saturated carbocycles. The van der Waals surface area contributed by atoms with Crippen LogP contribution in [0.1, 0.15) is 46.9 Å². The van der Waals surface area contributed by atoms with Crippen molar-refractivity contribution in [1.82, 2.24) is 25.1 Å². The van der Waals surface area contributed by atoms with Crippen molar-refractivity contribution in [3.63, 3.8) is 0 Å². The van der Waals surface area contributed by atoms with Crippen LogP contribution < -0.4 is 5.32 Å². The molecule has 1 aliphatic rings. The molecule has 3 aromatic heterocycles. The van der Waals surface area contributed by atoms with Crippen LogP contribution in [0.3, 0.4) is 0 Å². The molecule has 0 unspecified atom stereocenters. The molecule has 0 aliphatic carbocycles. The predicted molar refractivity (Wildman–Crippen MR) is 154 cm³/mol. The van der Waals surface area contributed by atoms with Gasteiger partial charge in [-0.25, -0.2) is 0 Å². The Morgan fingerprint density at radius 3 is 2.54 bits per heavy atom. The van der Waals surface area contributed by atoms with Crippen LogP contribution in [0.2, 0.25) is 0 Å². The van der Waals surface area contributed by atoms with Gasteiger partial charge >= 0.3 is 0 Å². The molecule has 196 valence electrons. The number of hydrogen-bond acceptors (Lipinski definition) is 5. The third-order valence-electron chi connectivity index (χ3n) is 7.49. The second kappa shape index (κ2) is 11.2. The number of aromatic nitrogens is 4. The maximum Gasteiger partial charge on any atom is 0.276 e. The number of fused-ring (bicyclic) bond motifs is 1. The van der Waals surface area contributed by atoms with E-state index < -0.39 is 0 Å². The molecule has 6 rings (SSSR count). The quantitative estimate of drug-likeness (QED) is 0.273. The fraction of sp³-hybridized carbons (Fsp3) is 0.250. The molecule has 1 amide bonds. The molecular weight excluding hydrogens is 484 g/mol. The molecule has 2 N–H and O–H groups in total. The van der Waals surface area contributed by atoms with Gasteiger partial charge in [0, 0.05) is 36.1 Å². The van der Waals surface area contributed by atoms with E-state index in [0.717, 1.165) is 59.6 Å². The zero-order valence-electron chi connectivity index (χ0n) is 22.1. The van der Waals surface area contributed by atoms with Crippen LogP contribution in [0.4, 0.5) is 5.69 Å². The largest absolute Gasteiger partial charge is 0.319 e. The summed E-state index contributed by atoms with van der Waals surface area (Å²) in [5.74, 6) is 0.538. The Labute approximate surface area is 228 Å². The number of carbonyl (C=O) groups excluding carboxylic acids is 1. The van der Waals surface area contributed by atoms with Gasteiger partial charge in [-0.15, -0.1) is 0 Å². The average Bonchev–Trinajstić information content (AvgIpc) is 3.39. The van der Waals surface area contributed by atoms with E-state index in [4.69, 9.17) is 0 Å². The zero-order valence-corrected chi connectivity index (χ0v) is 22.1. The second-order valence-corrected chi connectivity index (χ2v) is 10.6. The summed E-state index contributed by atoms with van der Waals surface area (Å²) < 4.78 is 0. The van der Waals surface area contributed by atoms with E-state index in [1.54, 1.807) is 6.20 Å². The SMILES string of the molecule is CC1CCN(Cc2cncc(-c3ccc4[nH]nc(C(=O)Nc5cncc(Cc6ccccc6)c5)c4c3)c2)CC1. The van der Waals surface area contributed by atoms with Crippen LogP contribution in [0, 0.1) is 5.92 Å². The Kier molecular flexibility index (Phi) is 7.15. The third kappa shape index (κ3) is 5.89. The van der Waals surface area contributed by atoms with Crippen LogP contribution in [-0.2, 0) is 13.0 Å². The number of anilines is 1. The highest BCUT2D eigenvalue weighted by molar-refractivity contribution is 6.11. The van der Waals surface area contributed by atoms with Crippen LogP contribution in [0.15, 0.2) is 85.5 Å². The molecule has 39 heavy (non-hydrogen) atoms. The van der Waals surface area contributed by atoms with Crippen molar-refractivity contribution in [2.24, 2.45) is 5.92 Å². The number of pyridine rings is 2. The van der Waals surface area contributed by atoms with Gasteiger partial charge in [-0.2, -0.15) is 5.10 Å². The normalized spacial score (nSPS) is 14.5. The van der Waals surface area contributed by atoms with E-state index in [-0.39, 0.29) is 5.91 Å². The van der Waals surface area contributed by atoms with Crippen molar-refractivity contribution in [2.45, 2.75) is 32.7 Å². The van der Waals surface area contributed by atoms with E-state index in [1.807, 2.05) is 61.1 Å². The van der Waals surface area contributed by atoms with Gasteiger partial charge in [0.15, 0.2) is 5.69 Å². The summed E-state index contributed by atoms with van der Waals surface area (Å²) in [5, 5.41) is 11.1. The van der Waals surface area contributed by atoms with Crippen molar-refractivity contribution in [3.05, 3.63) is 108 Å². The van der Waals surface area contributed by atoms with Crippen LogP contribution in [-0.4, -0.2) is 44.1 Å². The summed E-state index contributed by atoms with van der Waals surface area (Å²) >= 11 is 0. The molecular formula is C32H32N6O. The number of nitrogens with one attached hydrogen (secondary N) is 2. The minimum Gasteiger partial charge on any atom is -0.319 e. The Bertz CT molecular complexity index is 1590. The van der Waals surface area contributed by atoms with Crippen LogP contribution in [0.25, 0.3) is 22.0 Å². The summed E-state index contributed by atoms with van der Waals surface area (Å²) in [6, 6.07) is 20.4. The Morgan fingerprint density at radius 1 is 0.897 bits per heavy atom. The molecule has 0 radical (unpaired) electrons. The van der Waals surface area contributed by atoms with E-state index in [0.29, 0.717) is 11.4 Å². The number of hydrogen-bond donors (Lipinski definition) is 2. The highest BCUT2D eigenvalue weighted by Gasteiger charge is 2.18. The number of amides is 1. The summed E-state index contributed by atoms with van der Waals surface area (Å²) in [4.78, 5) is 24.6.